The van der Waals surface area contributed by atoms with Gasteiger partial charge in [-0.2, -0.15) is 4.72 Å². The second-order valence-corrected chi connectivity index (χ2v) is 7.15. The van der Waals surface area contributed by atoms with Gasteiger partial charge in [0.15, 0.2) is 4.90 Å². The molecular weight excluding hydrogens is 368 g/mol. The van der Waals surface area contributed by atoms with Crippen molar-refractivity contribution in [1.82, 2.24) is 4.72 Å². The fourth-order valence-corrected chi connectivity index (χ4v) is 3.40. The lowest BCUT2D eigenvalue weighted by Gasteiger charge is -2.17. The Balaban J connectivity index is 3.32. The molecule has 10 heteroatoms. The number of nitrogens with one attached hydrogen (secondary N) is 1. The molecule has 0 aliphatic carbocycles. The van der Waals surface area contributed by atoms with Gasteiger partial charge in [0.05, 0.1) is 4.92 Å². The number of hydrogen-bond donors (Lipinski definition) is 2. The SMILES string of the molecule is CC(C)[C@H](NS(=O)(=O)c1ccc(Br)cc1[N+](=O)[O-])C(=O)O. The Morgan fingerprint density at radius 3 is 2.43 bits per heavy atom. The quantitative estimate of drug-likeness (QED) is 0.571. The van der Waals surface area contributed by atoms with Crippen molar-refractivity contribution < 1.29 is 23.2 Å². The zero-order valence-electron chi connectivity index (χ0n) is 11.1. The zero-order valence-corrected chi connectivity index (χ0v) is 13.5. The number of benzene rings is 1. The first-order valence-corrected chi connectivity index (χ1v) is 8.03. The van der Waals surface area contributed by atoms with Crippen LogP contribution in [0.3, 0.4) is 0 Å². The first-order valence-electron chi connectivity index (χ1n) is 5.75. The summed E-state index contributed by atoms with van der Waals surface area (Å²) < 4.78 is 26.7. The largest absolute Gasteiger partial charge is 0.480 e. The van der Waals surface area contributed by atoms with Crippen molar-refractivity contribution in [1.29, 1.82) is 0 Å². The standard InChI is InChI=1S/C11H13BrN2O6S/c1-6(2)10(11(15)16)13-21(19,20)9-4-3-7(12)5-8(9)14(17)18/h3-6,10,13H,1-2H3,(H,15,16)/t10-/m0/s1. The van der Waals surface area contributed by atoms with Gasteiger partial charge in [-0.15, -0.1) is 0 Å². The molecule has 0 amide bonds. The molecule has 0 spiro atoms. The number of nitrogens with zero attached hydrogens (tertiary/aromatic N) is 1. The highest BCUT2D eigenvalue weighted by molar-refractivity contribution is 9.10. The average Bonchev–Trinajstić information content (AvgIpc) is 2.34. The van der Waals surface area contributed by atoms with Gasteiger partial charge in [0, 0.05) is 10.5 Å². The highest BCUT2D eigenvalue weighted by Crippen LogP contribution is 2.27. The maximum Gasteiger partial charge on any atom is 0.322 e. The summed E-state index contributed by atoms with van der Waals surface area (Å²) in [5.41, 5.74) is -0.634. The molecule has 0 unspecified atom stereocenters. The van der Waals surface area contributed by atoms with Crippen molar-refractivity contribution in [3.63, 3.8) is 0 Å². The number of nitro groups is 1. The van der Waals surface area contributed by atoms with Gasteiger partial charge >= 0.3 is 5.97 Å². The van der Waals surface area contributed by atoms with E-state index in [1.54, 1.807) is 0 Å². The minimum Gasteiger partial charge on any atom is -0.480 e. The molecule has 0 aliphatic rings. The van der Waals surface area contributed by atoms with E-state index in [0.717, 1.165) is 12.1 Å². The molecule has 1 atom stereocenters. The van der Waals surface area contributed by atoms with Crippen LogP contribution in [-0.2, 0) is 14.8 Å². The lowest BCUT2D eigenvalue weighted by Crippen LogP contribution is -2.44. The summed E-state index contributed by atoms with van der Waals surface area (Å²) in [4.78, 5) is 20.6. The van der Waals surface area contributed by atoms with Crippen molar-refractivity contribution >= 4 is 37.6 Å². The second-order valence-electron chi connectivity index (χ2n) is 4.55. The van der Waals surface area contributed by atoms with Gasteiger partial charge in [0.25, 0.3) is 5.69 Å². The Kier molecular flexibility index (Phi) is 5.42. The third kappa shape index (κ3) is 4.22. The minimum atomic E-state index is -4.34. The molecule has 116 valence electrons. The number of carbonyl (C=O) groups is 1. The molecule has 0 heterocycles. The van der Waals surface area contributed by atoms with E-state index in [9.17, 15) is 23.3 Å². The number of aliphatic carboxylic acids is 1. The Morgan fingerprint density at radius 2 is 2.00 bits per heavy atom. The van der Waals surface area contributed by atoms with E-state index in [4.69, 9.17) is 5.11 Å². The molecular formula is C11H13BrN2O6S. The van der Waals surface area contributed by atoms with E-state index in [-0.39, 0.29) is 0 Å². The van der Waals surface area contributed by atoms with Crippen molar-refractivity contribution in [2.75, 3.05) is 0 Å². The molecule has 1 aromatic rings. The summed E-state index contributed by atoms with van der Waals surface area (Å²) in [5, 5.41) is 20.0. The molecule has 2 N–H and O–H groups in total. The highest BCUT2D eigenvalue weighted by Gasteiger charge is 2.32. The van der Waals surface area contributed by atoms with E-state index in [2.05, 4.69) is 15.9 Å². The second kappa shape index (κ2) is 6.50. The highest BCUT2D eigenvalue weighted by atomic mass is 79.9. The zero-order chi connectivity index (χ0) is 16.4. The molecule has 0 fully saturated rings. The molecule has 0 radical (unpaired) electrons. The number of rotatable bonds is 6. The van der Waals surface area contributed by atoms with Crippen molar-refractivity contribution in [3.05, 3.63) is 32.8 Å². The number of sulfonamides is 1. The van der Waals surface area contributed by atoms with E-state index < -0.39 is 43.5 Å². The predicted octanol–water partition coefficient (Wildman–Crippen LogP) is 1.74. The van der Waals surface area contributed by atoms with Crippen LogP contribution in [0.4, 0.5) is 5.69 Å². The Hall–Kier alpha value is -1.52. The van der Waals surface area contributed by atoms with E-state index in [0.29, 0.717) is 4.47 Å². The summed E-state index contributed by atoms with van der Waals surface area (Å²) in [5.74, 6) is -1.87. The van der Waals surface area contributed by atoms with Crippen LogP contribution in [0.25, 0.3) is 0 Å². The van der Waals surface area contributed by atoms with Crippen LogP contribution >= 0.6 is 15.9 Å². The molecule has 1 aromatic carbocycles. The fourth-order valence-electron chi connectivity index (χ4n) is 1.56. The van der Waals surface area contributed by atoms with E-state index in [1.165, 1.54) is 19.9 Å². The summed E-state index contributed by atoms with van der Waals surface area (Å²) >= 11 is 3.01. The summed E-state index contributed by atoms with van der Waals surface area (Å²) in [6.45, 7) is 3.05. The van der Waals surface area contributed by atoms with Crippen molar-refractivity contribution in [2.45, 2.75) is 24.8 Å². The lowest BCUT2D eigenvalue weighted by atomic mass is 10.1. The predicted molar refractivity (Wildman–Crippen MR) is 77.4 cm³/mol. The number of hydrogen-bond acceptors (Lipinski definition) is 5. The van der Waals surface area contributed by atoms with Gasteiger partial charge in [0.1, 0.15) is 6.04 Å². The normalized spacial score (nSPS) is 13.1. The lowest BCUT2D eigenvalue weighted by molar-refractivity contribution is -0.387. The average molecular weight is 381 g/mol. The Bertz CT molecular complexity index is 673. The summed E-state index contributed by atoms with van der Waals surface area (Å²) in [7, 11) is -4.34. The number of nitro benzene ring substituents is 1. The molecule has 0 aliphatic heterocycles. The molecule has 0 saturated heterocycles. The first-order chi connectivity index (χ1) is 9.56. The van der Waals surface area contributed by atoms with Crippen LogP contribution in [-0.4, -0.2) is 30.5 Å². The first kappa shape index (κ1) is 17.5. The number of carboxylic acids is 1. The van der Waals surface area contributed by atoms with E-state index in [1.807, 2.05) is 4.72 Å². The molecule has 0 bridgehead atoms. The van der Waals surface area contributed by atoms with Crippen LogP contribution in [0.2, 0.25) is 0 Å². The summed E-state index contributed by atoms with van der Waals surface area (Å²) in [6, 6.07) is 2.04. The third-order valence-electron chi connectivity index (χ3n) is 2.62. The van der Waals surface area contributed by atoms with Crippen LogP contribution in [0.5, 0.6) is 0 Å². The Morgan fingerprint density at radius 1 is 1.43 bits per heavy atom. The molecule has 0 aromatic heterocycles. The van der Waals surface area contributed by atoms with Crippen LogP contribution in [0, 0.1) is 16.0 Å². The van der Waals surface area contributed by atoms with Gasteiger partial charge in [-0.3, -0.25) is 14.9 Å². The third-order valence-corrected chi connectivity index (χ3v) is 4.60. The molecule has 8 nitrogen and oxygen atoms in total. The fraction of sp³-hybridized carbons (Fsp3) is 0.364. The molecule has 21 heavy (non-hydrogen) atoms. The van der Waals surface area contributed by atoms with Gasteiger partial charge in [-0.05, 0) is 18.1 Å². The molecule has 1 rings (SSSR count). The maximum absolute atomic E-state index is 12.2. The van der Waals surface area contributed by atoms with Gasteiger partial charge in [-0.1, -0.05) is 29.8 Å². The maximum atomic E-state index is 12.2. The molecule has 0 saturated carbocycles. The van der Waals surface area contributed by atoms with Gasteiger partial charge in [0.2, 0.25) is 10.0 Å². The number of carboxylic acid groups (broad SMARTS) is 1. The van der Waals surface area contributed by atoms with Crippen LogP contribution in [0.1, 0.15) is 13.8 Å². The van der Waals surface area contributed by atoms with Crippen molar-refractivity contribution in [3.8, 4) is 0 Å². The Labute approximate surface area is 129 Å². The summed E-state index contributed by atoms with van der Waals surface area (Å²) in [6.07, 6.45) is 0. The van der Waals surface area contributed by atoms with E-state index >= 15 is 0 Å². The van der Waals surface area contributed by atoms with Crippen molar-refractivity contribution in [2.24, 2.45) is 5.92 Å². The van der Waals surface area contributed by atoms with Crippen LogP contribution in [0.15, 0.2) is 27.6 Å². The van der Waals surface area contributed by atoms with Crippen LogP contribution < -0.4 is 4.72 Å². The van der Waals surface area contributed by atoms with Gasteiger partial charge < -0.3 is 5.11 Å². The topological polar surface area (TPSA) is 127 Å². The van der Waals surface area contributed by atoms with Gasteiger partial charge in [-0.25, -0.2) is 8.42 Å². The number of halogens is 1. The monoisotopic (exact) mass is 380 g/mol. The smallest absolute Gasteiger partial charge is 0.322 e. The minimum absolute atomic E-state index is 0.340.